The van der Waals surface area contributed by atoms with Crippen molar-refractivity contribution in [2.75, 3.05) is 13.7 Å². The standard InChI is InChI=1S/C6H8F3NO4/c1-13-4(11)3(10)2-14-5(12)6(7,8)9/h3H,2,10H2,1H3/t3-/m1/s1. The zero-order chi connectivity index (χ0) is 11.4. The summed E-state index contributed by atoms with van der Waals surface area (Å²) in [5.74, 6) is -3.35. The van der Waals surface area contributed by atoms with Gasteiger partial charge in [-0.3, -0.25) is 4.79 Å². The highest BCUT2D eigenvalue weighted by molar-refractivity contribution is 5.78. The third-order valence-electron chi connectivity index (χ3n) is 1.13. The van der Waals surface area contributed by atoms with Gasteiger partial charge in [0, 0.05) is 0 Å². The van der Waals surface area contributed by atoms with Gasteiger partial charge in [0.25, 0.3) is 0 Å². The quantitative estimate of drug-likeness (QED) is 0.647. The number of halogens is 3. The second-order valence-corrected chi connectivity index (χ2v) is 2.23. The van der Waals surface area contributed by atoms with Crippen LogP contribution in [0.4, 0.5) is 13.2 Å². The fourth-order valence-electron chi connectivity index (χ4n) is 0.467. The van der Waals surface area contributed by atoms with Crippen LogP contribution in [0.2, 0.25) is 0 Å². The van der Waals surface area contributed by atoms with Gasteiger partial charge >= 0.3 is 18.1 Å². The predicted molar refractivity (Wildman–Crippen MR) is 37.0 cm³/mol. The van der Waals surface area contributed by atoms with Gasteiger partial charge in [-0.2, -0.15) is 13.2 Å². The van der Waals surface area contributed by atoms with E-state index >= 15 is 0 Å². The maximum Gasteiger partial charge on any atom is 0.490 e. The van der Waals surface area contributed by atoms with E-state index in [2.05, 4.69) is 9.47 Å². The zero-order valence-electron chi connectivity index (χ0n) is 7.13. The minimum Gasteiger partial charge on any atom is -0.468 e. The van der Waals surface area contributed by atoms with E-state index in [0.717, 1.165) is 7.11 Å². The lowest BCUT2D eigenvalue weighted by molar-refractivity contribution is -0.200. The van der Waals surface area contributed by atoms with Crippen molar-refractivity contribution in [3.63, 3.8) is 0 Å². The van der Waals surface area contributed by atoms with Gasteiger partial charge in [0.05, 0.1) is 7.11 Å². The van der Waals surface area contributed by atoms with Crippen LogP contribution in [0.1, 0.15) is 0 Å². The Kier molecular flexibility index (Phi) is 4.35. The van der Waals surface area contributed by atoms with Crippen LogP contribution < -0.4 is 5.73 Å². The second kappa shape index (κ2) is 4.80. The molecule has 0 rings (SSSR count). The molecule has 0 fully saturated rings. The van der Waals surface area contributed by atoms with Gasteiger partial charge in [0.1, 0.15) is 12.6 Å². The van der Waals surface area contributed by atoms with Crippen molar-refractivity contribution in [3.05, 3.63) is 0 Å². The second-order valence-electron chi connectivity index (χ2n) is 2.23. The number of rotatable bonds is 3. The Morgan fingerprint density at radius 1 is 1.43 bits per heavy atom. The van der Waals surface area contributed by atoms with Gasteiger partial charge in [-0.1, -0.05) is 0 Å². The molecule has 0 amide bonds. The van der Waals surface area contributed by atoms with Gasteiger partial charge in [-0.25, -0.2) is 4.79 Å². The van der Waals surface area contributed by atoms with Crippen LogP contribution in [0, 0.1) is 0 Å². The third-order valence-corrected chi connectivity index (χ3v) is 1.13. The predicted octanol–water partition coefficient (Wildman–Crippen LogP) is -0.408. The summed E-state index contributed by atoms with van der Waals surface area (Å²) in [7, 11) is 1.01. The van der Waals surface area contributed by atoms with Crippen molar-refractivity contribution >= 4 is 11.9 Å². The van der Waals surface area contributed by atoms with Crippen LogP contribution in [0.25, 0.3) is 0 Å². The van der Waals surface area contributed by atoms with Crippen molar-refractivity contribution in [2.24, 2.45) is 5.73 Å². The number of methoxy groups -OCH3 is 1. The van der Waals surface area contributed by atoms with Gasteiger partial charge in [-0.15, -0.1) is 0 Å². The summed E-state index contributed by atoms with van der Waals surface area (Å²) in [5, 5.41) is 0. The Balaban J connectivity index is 3.96. The SMILES string of the molecule is COC(=O)[C@H](N)COC(=O)C(F)(F)F. The zero-order valence-corrected chi connectivity index (χ0v) is 7.13. The molecule has 0 aliphatic carbocycles. The molecule has 0 spiro atoms. The van der Waals surface area contributed by atoms with Crippen LogP contribution in [-0.4, -0.2) is 37.9 Å². The Morgan fingerprint density at radius 2 is 1.93 bits per heavy atom. The minimum absolute atomic E-state index is 0.870. The van der Waals surface area contributed by atoms with Crippen molar-refractivity contribution in [1.29, 1.82) is 0 Å². The normalized spacial score (nSPS) is 13.2. The summed E-state index contributed by atoms with van der Waals surface area (Å²) in [6.07, 6.45) is -5.09. The molecular weight excluding hydrogens is 207 g/mol. The number of carbonyl (C=O) groups is 2. The number of esters is 2. The summed E-state index contributed by atoms with van der Waals surface area (Å²) >= 11 is 0. The first-order chi connectivity index (χ1) is 6.29. The molecule has 0 bridgehead atoms. The molecule has 82 valence electrons. The van der Waals surface area contributed by atoms with E-state index in [-0.39, 0.29) is 0 Å². The highest BCUT2D eigenvalue weighted by Crippen LogP contribution is 2.16. The summed E-state index contributed by atoms with van der Waals surface area (Å²) < 4.78 is 42.4. The first-order valence-corrected chi connectivity index (χ1v) is 3.36. The Morgan fingerprint density at radius 3 is 2.29 bits per heavy atom. The molecule has 0 aliphatic rings. The molecule has 2 N–H and O–H groups in total. The molecule has 0 aromatic carbocycles. The van der Waals surface area contributed by atoms with E-state index in [1.165, 1.54) is 0 Å². The lowest BCUT2D eigenvalue weighted by Crippen LogP contribution is -2.38. The number of nitrogens with two attached hydrogens (primary N) is 1. The average molecular weight is 215 g/mol. The molecule has 0 aromatic heterocycles. The van der Waals surface area contributed by atoms with E-state index in [1.54, 1.807) is 0 Å². The van der Waals surface area contributed by atoms with Crippen molar-refractivity contribution in [1.82, 2.24) is 0 Å². The molecule has 0 unspecified atom stereocenters. The molecule has 0 saturated carbocycles. The first kappa shape index (κ1) is 12.7. The Labute approximate surface area is 77.0 Å². The molecule has 0 aromatic rings. The summed E-state index contributed by atoms with van der Waals surface area (Å²) in [4.78, 5) is 20.7. The Bertz CT molecular complexity index is 228. The molecule has 0 radical (unpaired) electrons. The summed E-state index contributed by atoms with van der Waals surface area (Å²) in [5.41, 5.74) is 5.00. The molecule has 5 nitrogen and oxygen atoms in total. The average Bonchev–Trinajstić information content (AvgIpc) is 2.10. The number of ether oxygens (including phenoxy) is 2. The number of alkyl halides is 3. The van der Waals surface area contributed by atoms with Crippen LogP contribution >= 0.6 is 0 Å². The molecule has 8 heteroatoms. The largest absolute Gasteiger partial charge is 0.490 e. The van der Waals surface area contributed by atoms with E-state index in [0.29, 0.717) is 0 Å². The molecular formula is C6H8F3NO4. The first-order valence-electron chi connectivity index (χ1n) is 3.36. The molecule has 1 atom stereocenters. The highest BCUT2D eigenvalue weighted by atomic mass is 19.4. The van der Waals surface area contributed by atoms with Crippen molar-refractivity contribution in [3.8, 4) is 0 Å². The van der Waals surface area contributed by atoms with Crippen LogP contribution in [0.15, 0.2) is 0 Å². The monoisotopic (exact) mass is 215 g/mol. The van der Waals surface area contributed by atoms with E-state index in [4.69, 9.17) is 5.73 Å². The van der Waals surface area contributed by atoms with Gasteiger partial charge < -0.3 is 15.2 Å². The van der Waals surface area contributed by atoms with Crippen molar-refractivity contribution < 1.29 is 32.2 Å². The molecule has 0 aliphatic heterocycles. The fourth-order valence-corrected chi connectivity index (χ4v) is 0.467. The molecule has 0 heterocycles. The van der Waals surface area contributed by atoms with Gasteiger partial charge in [-0.05, 0) is 0 Å². The van der Waals surface area contributed by atoms with E-state index in [1.807, 2.05) is 0 Å². The van der Waals surface area contributed by atoms with Crippen LogP contribution in [-0.2, 0) is 19.1 Å². The lowest BCUT2D eigenvalue weighted by atomic mass is 10.3. The minimum atomic E-state index is -5.09. The highest BCUT2D eigenvalue weighted by Gasteiger charge is 2.41. The Hall–Kier alpha value is -1.31. The van der Waals surface area contributed by atoms with Gasteiger partial charge in [0.2, 0.25) is 0 Å². The van der Waals surface area contributed by atoms with Crippen molar-refractivity contribution in [2.45, 2.75) is 12.2 Å². The third kappa shape index (κ3) is 4.08. The smallest absolute Gasteiger partial charge is 0.468 e. The fraction of sp³-hybridized carbons (Fsp3) is 0.667. The van der Waals surface area contributed by atoms with Crippen LogP contribution in [0.3, 0.4) is 0 Å². The van der Waals surface area contributed by atoms with Crippen LogP contribution in [0.5, 0.6) is 0 Å². The number of hydrogen-bond donors (Lipinski definition) is 1. The number of hydrogen-bond acceptors (Lipinski definition) is 5. The summed E-state index contributed by atoms with van der Waals surface area (Å²) in [6.45, 7) is -0.870. The summed E-state index contributed by atoms with van der Waals surface area (Å²) in [6, 6.07) is -1.41. The molecule has 14 heavy (non-hydrogen) atoms. The molecule has 0 saturated heterocycles. The topological polar surface area (TPSA) is 78.6 Å². The lowest BCUT2D eigenvalue weighted by Gasteiger charge is -2.10. The number of carbonyl (C=O) groups excluding carboxylic acids is 2. The maximum absolute atomic E-state index is 11.6. The van der Waals surface area contributed by atoms with E-state index in [9.17, 15) is 22.8 Å². The maximum atomic E-state index is 11.6. The van der Waals surface area contributed by atoms with Gasteiger partial charge in [0.15, 0.2) is 0 Å². The van der Waals surface area contributed by atoms with E-state index < -0.39 is 30.8 Å².